The monoisotopic (exact) mass is 472 g/mol. The van der Waals surface area contributed by atoms with Crippen LogP contribution in [0.3, 0.4) is 0 Å². The SMILES string of the molecule is O=c1c(=Cc2ccc(F)cc2)sc2n1C(c1ccccc1Cl)C1=C(N=2)c2ccccc2CC1. The van der Waals surface area contributed by atoms with E-state index < -0.39 is 0 Å². The number of thiazole rings is 1. The predicted octanol–water partition coefficient (Wildman–Crippen LogP) is 5.11. The van der Waals surface area contributed by atoms with Crippen molar-refractivity contribution in [1.82, 2.24) is 4.57 Å². The average Bonchev–Trinajstić information content (AvgIpc) is 3.14. The Labute approximate surface area is 198 Å². The number of hydrogen-bond donors (Lipinski definition) is 0. The van der Waals surface area contributed by atoms with Gasteiger partial charge >= 0.3 is 0 Å². The number of allylic oxidation sites excluding steroid dienone is 1. The highest BCUT2D eigenvalue weighted by atomic mass is 35.5. The van der Waals surface area contributed by atoms with Gasteiger partial charge in [0.1, 0.15) is 5.82 Å². The molecule has 0 N–H and O–H groups in total. The molecule has 162 valence electrons. The lowest BCUT2D eigenvalue weighted by molar-refractivity contribution is 0.585. The summed E-state index contributed by atoms with van der Waals surface area (Å²) in [5.41, 5.74) is 5.99. The van der Waals surface area contributed by atoms with Crippen molar-refractivity contribution in [3.8, 4) is 0 Å². The van der Waals surface area contributed by atoms with E-state index in [1.165, 1.54) is 29.0 Å². The molecule has 6 heteroatoms. The third-order valence-electron chi connectivity index (χ3n) is 6.24. The lowest BCUT2D eigenvalue weighted by atomic mass is 9.83. The third kappa shape index (κ3) is 3.39. The Morgan fingerprint density at radius 3 is 2.58 bits per heavy atom. The maximum Gasteiger partial charge on any atom is 0.271 e. The molecule has 6 rings (SSSR count). The fourth-order valence-electron chi connectivity index (χ4n) is 4.71. The second kappa shape index (κ2) is 7.94. The summed E-state index contributed by atoms with van der Waals surface area (Å²) in [5, 5.41) is 0.628. The van der Waals surface area contributed by atoms with Gasteiger partial charge in [0.2, 0.25) is 0 Å². The zero-order valence-electron chi connectivity index (χ0n) is 17.5. The van der Waals surface area contributed by atoms with Crippen molar-refractivity contribution < 1.29 is 4.39 Å². The van der Waals surface area contributed by atoms with E-state index in [-0.39, 0.29) is 17.4 Å². The average molecular weight is 473 g/mol. The van der Waals surface area contributed by atoms with Gasteiger partial charge in [0.15, 0.2) is 4.80 Å². The maximum atomic E-state index is 13.6. The molecular weight excluding hydrogens is 455 g/mol. The van der Waals surface area contributed by atoms with E-state index in [4.69, 9.17) is 16.6 Å². The molecule has 0 saturated carbocycles. The molecule has 1 aliphatic heterocycles. The van der Waals surface area contributed by atoms with Crippen LogP contribution >= 0.6 is 22.9 Å². The first kappa shape index (κ1) is 20.3. The lowest BCUT2D eigenvalue weighted by Crippen LogP contribution is -2.38. The highest BCUT2D eigenvalue weighted by Crippen LogP contribution is 2.42. The molecule has 0 saturated heterocycles. The van der Waals surface area contributed by atoms with Gasteiger partial charge in [-0.3, -0.25) is 9.36 Å². The van der Waals surface area contributed by atoms with E-state index in [1.807, 2.05) is 30.3 Å². The van der Waals surface area contributed by atoms with Gasteiger partial charge in [0.05, 0.1) is 16.3 Å². The van der Waals surface area contributed by atoms with E-state index >= 15 is 0 Å². The molecular formula is C27H18ClFN2OS. The van der Waals surface area contributed by atoms with E-state index in [0.717, 1.165) is 40.8 Å². The van der Waals surface area contributed by atoms with Gasteiger partial charge in [-0.1, -0.05) is 77.5 Å². The van der Waals surface area contributed by atoms with Crippen molar-refractivity contribution >= 4 is 34.7 Å². The minimum Gasteiger partial charge on any atom is -0.272 e. The first-order valence-electron chi connectivity index (χ1n) is 10.7. The molecule has 1 aromatic heterocycles. The van der Waals surface area contributed by atoms with Gasteiger partial charge in [-0.2, -0.15) is 0 Å². The number of nitrogens with zero attached hydrogens (tertiary/aromatic N) is 2. The molecule has 0 spiro atoms. The second-order valence-electron chi connectivity index (χ2n) is 8.19. The van der Waals surface area contributed by atoms with Crippen LogP contribution in [0.5, 0.6) is 0 Å². The molecule has 1 unspecified atom stereocenters. The highest BCUT2D eigenvalue weighted by Gasteiger charge is 2.33. The molecule has 3 nitrogen and oxygen atoms in total. The van der Waals surface area contributed by atoms with Gasteiger partial charge in [0, 0.05) is 10.6 Å². The molecule has 0 radical (unpaired) electrons. The predicted molar refractivity (Wildman–Crippen MR) is 131 cm³/mol. The standard InChI is InChI=1S/C27H18ClFN2OS/c28-22-8-4-3-7-20(22)25-21-14-11-17-5-1-2-6-19(17)24(21)30-27-31(25)26(32)23(33-27)15-16-9-12-18(29)13-10-16/h1-10,12-13,15,25H,11,14H2. The van der Waals surface area contributed by atoms with E-state index in [0.29, 0.717) is 14.4 Å². The van der Waals surface area contributed by atoms with E-state index in [1.54, 1.807) is 22.8 Å². The first-order valence-corrected chi connectivity index (χ1v) is 11.9. The largest absolute Gasteiger partial charge is 0.272 e. The molecule has 3 aromatic carbocycles. The van der Waals surface area contributed by atoms with Gasteiger partial charge in [-0.25, -0.2) is 9.38 Å². The molecule has 1 aliphatic carbocycles. The molecule has 2 heterocycles. The normalized spacial score (nSPS) is 17.3. The highest BCUT2D eigenvalue weighted by molar-refractivity contribution is 7.07. The number of aromatic nitrogens is 1. The van der Waals surface area contributed by atoms with Gasteiger partial charge in [-0.05, 0) is 59.4 Å². The van der Waals surface area contributed by atoms with Crippen LogP contribution in [0, 0.1) is 5.82 Å². The quantitative estimate of drug-likeness (QED) is 0.399. The van der Waals surface area contributed by atoms with Crippen LogP contribution < -0.4 is 14.9 Å². The topological polar surface area (TPSA) is 34.4 Å². The van der Waals surface area contributed by atoms with Crippen LogP contribution in [-0.4, -0.2) is 4.57 Å². The fraction of sp³-hybridized carbons (Fsp3) is 0.111. The van der Waals surface area contributed by atoms with Crippen molar-refractivity contribution in [2.24, 2.45) is 4.99 Å². The summed E-state index contributed by atoms with van der Waals surface area (Å²) in [6, 6.07) is 21.8. The number of benzene rings is 3. The van der Waals surface area contributed by atoms with Gasteiger partial charge < -0.3 is 0 Å². The van der Waals surface area contributed by atoms with Crippen LogP contribution in [0.2, 0.25) is 5.02 Å². The summed E-state index contributed by atoms with van der Waals surface area (Å²) in [6.45, 7) is 0. The zero-order chi connectivity index (χ0) is 22.5. The van der Waals surface area contributed by atoms with Crippen LogP contribution in [-0.2, 0) is 6.42 Å². The van der Waals surface area contributed by atoms with Crippen LogP contribution in [0.25, 0.3) is 11.8 Å². The van der Waals surface area contributed by atoms with Gasteiger partial charge in [0.25, 0.3) is 5.56 Å². The summed E-state index contributed by atoms with van der Waals surface area (Å²) in [5.74, 6) is -0.307. The molecule has 0 fully saturated rings. The number of halogens is 2. The van der Waals surface area contributed by atoms with E-state index in [2.05, 4.69) is 18.2 Å². The summed E-state index contributed by atoms with van der Waals surface area (Å²) in [6.07, 6.45) is 3.50. The summed E-state index contributed by atoms with van der Waals surface area (Å²) >= 11 is 8.00. The Morgan fingerprint density at radius 2 is 1.76 bits per heavy atom. The van der Waals surface area contributed by atoms with Crippen molar-refractivity contribution in [1.29, 1.82) is 0 Å². The Bertz CT molecular complexity index is 1620. The van der Waals surface area contributed by atoms with Crippen molar-refractivity contribution in [3.63, 3.8) is 0 Å². The molecule has 0 amide bonds. The summed E-state index contributed by atoms with van der Waals surface area (Å²) in [7, 11) is 0. The summed E-state index contributed by atoms with van der Waals surface area (Å²) in [4.78, 5) is 19.3. The van der Waals surface area contributed by atoms with Crippen molar-refractivity contribution in [2.45, 2.75) is 18.9 Å². The Balaban J connectivity index is 1.64. The number of hydrogen-bond acceptors (Lipinski definition) is 3. The smallest absolute Gasteiger partial charge is 0.271 e. The minimum absolute atomic E-state index is 0.113. The molecule has 1 atom stereocenters. The molecule has 33 heavy (non-hydrogen) atoms. The Hall–Kier alpha value is -3.28. The van der Waals surface area contributed by atoms with E-state index in [9.17, 15) is 9.18 Å². The maximum absolute atomic E-state index is 13.6. The fourth-order valence-corrected chi connectivity index (χ4v) is 5.95. The zero-order valence-corrected chi connectivity index (χ0v) is 19.0. The third-order valence-corrected chi connectivity index (χ3v) is 7.57. The first-order chi connectivity index (χ1) is 16.1. The molecule has 4 aromatic rings. The van der Waals surface area contributed by atoms with Crippen LogP contribution in [0.1, 0.15) is 34.7 Å². The summed E-state index contributed by atoms with van der Waals surface area (Å²) < 4.78 is 15.7. The number of aryl methyl sites for hydroxylation is 1. The second-order valence-corrected chi connectivity index (χ2v) is 9.60. The Kier molecular flexibility index (Phi) is 4.89. The van der Waals surface area contributed by atoms with Gasteiger partial charge in [-0.15, -0.1) is 0 Å². The minimum atomic E-state index is -0.311. The van der Waals surface area contributed by atoms with Crippen LogP contribution in [0.4, 0.5) is 4.39 Å². The van der Waals surface area contributed by atoms with Crippen LogP contribution in [0.15, 0.2) is 88.2 Å². The Morgan fingerprint density at radius 1 is 1.00 bits per heavy atom. The number of rotatable bonds is 2. The van der Waals surface area contributed by atoms with Crippen molar-refractivity contribution in [2.75, 3.05) is 0 Å². The molecule has 0 bridgehead atoms. The number of fused-ring (bicyclic) bond motifs is 3. The molecule has 2 aliphatic rings. The van der Waals surface area contributed by atoms with Crippen molar-refractivity contribution in [3.05, 3.63) is 131 Å². The lowest BCUT2D eigenvalue weighted by Gasteiger charge is -2.31.